The van der Waals surface area contributed by atoms with Crippen molar-refractivity contribution in [1.29, 1.82) is 0 Å². The fourth-order valence-corrected chi connectivity index (χ4v) is 10.1. The number of fused-ring (bicyclic) bond motifs is 2. The summed E-state index contributed by atoms with van der Waals surface area (Å²) in [6, 6.07) is 18.6. The van der Waals surface area contributed by atoms with Gasteiger partial charge in [-0.3, -0.25) is 0 Å². The van der Waals surface area contributed by atoms with E-state index in [9.17, 15) is 34.7 Å². The number of nitrogens with zero attached hydrogens (tertiary/aromatic N) is 3. The first-order valence-corrected chi connectivity index (χ1v) is 25.3. The number of allylic oxidation sites excluding steroid dienone is 7. The molecular formula is C46H51N3Na2O10S4. The van der Waals surface area contributed by atoms with Gasteiger partial charge in [0.15, 0.2) is 5.71 Å². The number of aliphatic imine (C=N–C) groups is 1. The molecule has 0 fully saturated rings. The molecule has 0 spiro atoms. The van der Waals surface area contributed by atoms with E-state index in [0.29, 0.717) is 56.0 Å². The maximum Gasteiger partial charge on any atom is 1.00 e. The summed E-state index contributed by atoms with van der Waals surface area (Å²) >= 11 is 2.02. The summed E-state index contributed by atoms with van der Waals surface area (Å²) in [6.07, 6.45) is 11.8. The minimum Gasteiger partial charge on any atom is -0.748 e. The molecule has 1 unspecified atom stereocenters. The van der Waals surface area contributed by atoms with E-state index < -0.39 is 53.9 Å². The van der Waals surface area contributed by atoms with Crippen molar-refractivity contribution in [2.24, 2.45) is 4.99 Å². The third-order valence-corrected chi connectivity index (χ3v) is 13.7. The Bertz CT molecular complexity index is 2720. The van der Waals surface area contributed by atoms with E-state index in [0.717, 1.165) is 57.0 Å². The zero-order valence-electron chi connectivity index (χ0n) is 37.9. The van der Waals surface area contributed by atoms with Crippen LogP contribution in [0.4, 0.5) is 17.1 Å². The van der Waals surface area contributed by atoms with Crippen molar-refractivity contribution in [3.05, 3.63) is 124 Å². The third kappa shape index (κ3) is 14.0. The molecule has 0 aromatic heterocycles. The van der Waals surface area contributed by atoms with E-state index in [-0.39, 0.29) is 77.7 Å². The second-order valence-electron chi connectivity index (χ2n) is 16.9. The second-order valence-corrected chi connectivity index (χ2v) is 20.8. The van der Waals surface area contributed by atoms with Crippen molar-refractivity contribution in [1.82, 2.24) is 0 Å². The summed E-state index contributed by atoms with van der Waals surface area (Å²) in [5.41, 5.74) is 8.28. The number of hydrogen-bond donors (Lipinski definition) is 0. The summed E-state index contributed by atoms with van der Waals surface area (Å²) in [5, 5.41) is 2.39. The van der Waals surface area contributed by atoms with E-state index in [1.54, 1.807) is 30.3 Å². The number of ether oxygens (including phenoxy) is 1. The van der Waals surface area contributed by atoms with E-state index in [1.807, 2.05) is 38.1 Å². The van der Waals surface area contributed by atoms with Gasteiger partial charge in [-0.05, 0) is 143 Å². The van der Waals surface area contributed by atoms with Crippen LogP contribution in [0.5, 0.6) is 11.5 Å². The van der Waals surface area contributed by atoms with Gasteiger partial charge in [-0.1, -0.05) is 37.6 Å². The molecule has 0 bridgehead atoms. The Morgan fingerprint density at radius 1 is 0.846 bits per heavy atom. The van der Waals surface area contributed by atoms with Crippen LogP contribution in [0.15, 0.2) is 113 Å². The largest absolute Gasteiger partial charge is 1.00 e. The van der Waals surface area contributed by atoms with Crippen LogP contribution in [-0.2, 0) is 42.4 Å². The molecule has 3 aromatic carbocycles. The summed E-state index contributed by atoms with van der Waals surface area (Å²) in [7, 11) is -8.72. The van der Waals surface area contributed by atoms with Gasteiger partial charge in [-0.25, -0.2) is 21.0 Å². The number of aryl methyl sites for hydroxylation is 1. The number of rotatable bonds is 18. The summed E-state index contributed by atoms with van der Waals surface area (Å²) < 4.78 is 105. The Balaban J connectivity index is 0.00000462. The van der Waals surface area contributed by atoms with Crippen molar-refractivity contribution in [3.63, 3.8) is 0 Å². The number of anilines is 1. The molecule has 3 aliphatic rings. The number of thiocarbonyl (C=S) groups is 1. The van der Waals surface area contributed by atoms with Gasteiger partial charge in [-0.15, -0.1) is 0 Å². The number of hydrogen-bond acceptors (Lipinski definition) is 13. The maximum atomic E-state index is 11.5. The van der Waals surface area contributed by atoms with Crippen LogP contribution < -0.4 is 72.9 Å². The first-order chi connectivity index (χ1) is 29.7. The third-order valence-electron chi connectivity index (χ3n) is 11.7. The molecule has 2 heterocycles. The Hall–Kier alpha value is -2.58. The van der Waals surface area contributed by atoms with Crippen LogP contribution >= 0.6 is 12.2 Å². The smallest absolute Gasteiger partial charge is 0.748 e. The first-order valence-electron chi connectivity index (χ1n) is 20.7. The monoisotopic (exact) mass is 979 g/mol. The number of isothiocyanates is 1. The summed E-state index contributed by atoms with van der Waals surface area (Å²) in [6.45, 7) is 11.4. The van der Waals surface area contributed by atoms with Crippen LogP contribution in [0.25, 0.3) is 0 Å². The van der Waals surface area contributed by atoms with E-state index in [4.69, 9.17) is 21.1 Å². The van der Waals surface area contributed by atoms with E-state index >= 15 is 0 Å². The second kappa shape index (κ2) is 23.1. The van der Waals surface area contributed by atoms with Crippen molar-refractivity contribution in [2.75, 3.05) is 29.5 Å². The molecule has 0 N–H and O–H groups in total. The molecule has 1 atom stereocenters. The molecule has 13 nitrogen and oxygen atoms in total. The van der Waals surface area contributed by atoms with Gasteiger partial charge >= 0.3 is 59.1 Å². The first kappa shape index (κ1) is 55.0. The van der Waals surface area contributed by atoms with Gasteiger partial charge in [0.1, 0.15) is 35.2 Å². The molecule has 6 rings (SSSR count). The van der Waals surface area contributed by atoms with Crippen molar-refractivity contribution >= 4 is 71.8 Å². The topological polar surface area (TPSA) is 192 Å². The van der Waals surface area contributed by atoms with Gasteiger partial charge in [0.25, 0.3) is 0 Å². The molecule has 0 radical (unpaired) electrons. The molecule has 336 valence electrons. The van der Waals surface area contributed by atoms with Crippen LogP contribution in [0, 0.1) is 6.92 Å². The van der Waals surface area contributed by atoms with Gasteiger partial charge in [0.05, 0.1) is 36.5 Å². The fourth-order valence-electron chi connectivity index (χ4n) is 8.62. The van der Waals surface area contributed by atoms with Crippen LogP contribution in [0.3, 0.4) is 0 Å². The van der Waals surface area contributed by atoms with Crippen molar-refractivity contribution < 1.29 is 107 Å². The Morgan fingerprint density at radius 3 is 2.15 bits per heavy atom. The Morgan fingerprint density at radius 2 is 1.51 bits per heavy atom. The molecule has 2 aliphatic heterocycles. The van der Waals surface area contributed by atoms with Crippen molar-refractivity contribution in [3.8, 4) is 11.5 Å². The predicted octanol–water partition coefficient (Wildman–Crippen LogP) is 2.62. The standard InChI is InChI=1S/C46H53N3O10S4.2Na/c1-32-13-21-40-38(29-32)45(2,3)42(48(40)25-6-8-27-62(52,53)54)23-14-33-11-10-12-34(44(33)58-36-18-16-35(17-19-36)47-31-60)15-24-43-46(4,5)39-30-37(59-61(50)51)20-22-41(39)49(43)26-7-9-28-63(55,56)57;;/h13-24,29-30H,6-12,25-28H2,1-5H3,(H2-,50,51,52,53,54,55,56,57);;/q;2*+1/p-2. The number of benzene rings is 3. The fraction of sp³-hybridized carbons (Fsp3) is 0.391. The molecule has 19 heteroatoms. The maximum absolute atomic E-state index is 11.5. The average molecular weight is 980 g/mol. The molecule has 0 amide bonds. The zero-order chi connectivity index (χ0) is 45.7. The van der Waals surface area contributed by atoms with E-state index in [1.165, 1.54) is 0 Å². The van der Waals surface area contributed by atoms with Gasteiger partial charge in [0, 0.05) is 59.0 Å². The molecule has 1 aliphatic carbocycles. The zero-order valence-corrected chi connectivity index (χ0v) is 45.2. The predicted molar refractivity (Wildman–Crippen MR) is 246 cm³/mol. The van der Waals surface area contributed by atoms with Crippen LogP contribution in [0.2, 0.25) is 0 Å². The minimum absolute atomic E-state index is 0. The molecule has 65 heavy (non-hydrogen) atoms. The number of unbranched alkanes of at least 4 members (excludes halogenated alkanes) is 2. The Kier molecular flexibility index (Phi) is 19.6. The molecule has 3 aromatic rings. The normalized spacial score (nSPS) is 18.2. The molecular weight excluding hydrogens is 929 g/mol. The van der Waals surface area contributed by atoms with E-state index in [2.05, 4.69) is 70.8 Å². The van der Waals surface area contributed by atoms with Crippen LogP contribution in [-0.4, -0.2) is 74.7 Å². The SMILES string of the molecule is Cc1ccc2c(c1)C(C)(C)/C(=C\C=C1/CCCC(/C=C/C3=[N+](CCCCS(=O)(=O)[O-])c4ccc(OS(=O)[O-])cc4C3(C)C)=C1Oc1ccc(N=C=S)cc1)N2CCCCS(=O)(=O)[O-].[Na+].[Na+]. The minimum atomic E-state index is -4.39. The molecule has 0 saturated carbocycles. The quantitative estimate of drug-likeness (QED) is 0.0345. The average Bonchev–Trinajstić information content (AvgIpc) is 3.54. The van der Waals surface area contributed by atoms with Gasteiger partial charge in [-0.2, -0.15) is 9.57 Å². The summed E-state index contributed by atoms with van der Waals surface area (Å²) in [4.78, 5) is 6.29. The summed E-state index contributed by atoms with van der Waals surface area (Å²) in [5.74, 6) is 0.519. The molecule has 0 saturated heterocycles. The van der Waals surface area contributed by atoms with Crippen molar-refractivity contribution in [2.45, 2.75) is 90.4 Å². The van der Waals surface area contributed by atoms with Gasteiger partial charge in [0.2, 0.25) is 5.69 Å². The Labute approximate surface area is 435 Å². The van der Waals surface area contributed by atoms with Crippen LogP contribution in [0.1, 0.15) is 89.3 Å². The van der Waals surface area contributed by atoms with Gasteiger partial charge < -0.3 is 27.5 Å².